The number of nitrogens with zero attached hydrogens (tertiary/aromatic N) is 1. The molecule has 120 valence electrons. The summed E-state index contributed by atoms with van der Waals surface area (Å²) in [6.07, 6.45) is 0.101. The van der Waals surface area contributed by atoms with Crippen molar-refractivity contribution in [3.05, 3.63) is 35.9 Å². The van der Waals surface area contributed by atoms with Gasteiger partial charge in [-0.25, -0.2) is 4.79 Å². The van der Waals surface area contributed by atoms with Crippen molar-refractivity contribution in [1.29, 1.82) is 0 Å². The van der Waals surface area contributed by atoms with E-state index in [4.69, 9.17) is 14.2 Å². The van der Waals surface area contributed by atoms with Crippen LogP contribution in [0.4, 0.5) is 4.79 Å². The van der Waals surface area contributed by atoms with Crippen LogP contribution in [0, 0.1) is 0 Å². The highest BCUT2D eigenvalue weighted by molar-refractivity contribution is 5.67. The van der Waals surface area contributed by atoms with Gasteiger partial charge in [-0.2, -0.15) is 0 Å². The lowest BCUT2D eigenvalue weighted by Crippen LogP contribution is -2.46. The first kappa shape index (κ1) is 16.3. The van der Waals surface area contributed by atoms with Gasteiger partial charge in [0.2, 0.25) is 0 Å². The Morgan fingerprint density at radius 1 is 1.27 bits per heavy atom. The van der Waals surface area contributed by atoms with E-state index in [9.17, 15) is 9.59 Å². The number of carbonyl (C=O) groups excluding carboxylic acids is 2. The predicted octanol–water partition coefficient (Wildman–Crippen LogP) is 1.98. The van der Waals surface area contributed by atoms with Gasteiger partial charge in [0.15, 0.2) is 0 Å². The fourth-order valence-electron chi connectivity index (χ4n) is 2.20. The molecule has 0 N–H and O–H groups in total. The van der Waals surface area contributed by atoms with Crippen LogP contribution in [0.15, 0.2) is 30.3 Å². The minimum atomic E-state index is -0.343. The Labute approximate surface area is 129 Å². The second-order valence-electron chi connectivity index (χ2n) is 5.11. The van der Waals surface area contributed by atoms with E-state index in [1.807, 2.05) is 30.3 Å². The van der Waals surface area contributed by atoms with Gasteiger partial charge in [0, 0.05) is 19.9 Å². The zero-order chi connectivity index (χ0) is 15.8. The minimum absolute atomic E-state index is 0.127. The Hall–Kier alpha value is -2.08. The van der Waals surface area contributed by atoms with E-state index in [1.54, 1.807) is 4.90 Å². The van der Waals surface area contributed by atoms with Crippen LogP contribution in [0.3, 0.4) is 0 Å². The van der Waals surface area contributed by atoms with E-state index in [0.717, 1.165) is 5.56 Å². The average Bonchev–Trinajstić information content (AvgIpc) is 2.53. The number of esters is 1. The molecular formula is C16H21NO5. The summed E-state index contributed by atoms with van der Waals surface area (Å²) in [5, 5.41) is 0. The number of benzene rings is 1. The van der Waals surface area contributed by atoms with Gasteiger partial charge in [0.25, 0.3) is 0 Å². The summed E-state index contributed by atoms with van der Waals surface area (Å²) in [5.41, 5.74) is 0.954. The number of ether oxygens (including phenoxy) is 3. The maximum atomic E-state index is 12.1. The maximum absolute atomic E-state index is 12.1. The van der Waals surface area contributed by atoms with Crippen molar-refractivity contribution in [2.75, 3.05) is 26.3 Å². The van der Waals surface area contributed by atoms with Crippen LogP contribution >= 0.6 is 0 Å². The van der Waals surface area contributed by atoms with Crippen LogP contribution < -0.4 is 0 Å². The molecule has 1 fully saturated rings. The molecule has 0 spiro atoms. The fraction of sp³-hybridized carbons (Fsp3) is 0.500. The first-order chi connectivity index (χ1) is 10.6. The molecule has 0 radical (unpaired) electrons. The molecule has 1 atom stereocenters. The molecule has 1 aliphatic rings. The summed E-state index contributed by atoms with van der Waals surface area (Å²) in [5.74, 6) is -0.310. The van der Waals surface area contributed by atoms with Gasteiger partial charge in [-0.05, 0) is 5.56 Å². The summed E-state index contributed by atoms with van der Waals surface area (Å²) >= 11 is 0. The van der Waals surface area contributed by atoms with Crippen LogP contribution in [0.1, 0.15) is 18.9 Å². The normalized spacial score (nSPS) is 17.9. The maximum Gasteiger partial charge on any atom is 0.410 e. The monoisotopic (exact) mass is 307 g/mol. The average molecular weight is 307 g/mol. The van der Waals surface area contributed by atoms with Crippen molar-refractivity contribution in [2.24, 2.45) is 0 Å². The van der Waals surface area contributed by atoms with Crippen LogP contribution in [0.25, 0.3) is 0 Å². The molecule has 1 heterocycles. The molecule has 1 unspecified atom stereocenters. The highest BCUT2D eigenvalue weighted by atomic mass is 16.6. The lowest BCUT2D eigenvalue weighted by molar-refractivity contribution is -0.142. The number of amides is 1. The van der Waals surface area contributed by atoms with Crippen molar-refractivity contribution in [3.8, 4) is 0 Å². The van der Waals surface area contributed by atoms with Crippen LogP contribution in [0.2, 0.25) is 0 Å². The molecule has 1 amide bonds. The Bertz CT molecular complexity index is 491. The van der Waals surface area contributed by atoms with E-state index in [0.29, 0.717) is 32.7 Å². The summed E-state index contributed by atoms with van der Waals surface area (Å²) < 4.78 is 15.8. The molecule has 0 aliphatic carbocycles. The molecule has 22 heavy (non-hydrogen) atoms. The van der Waals surface area contributed by atoms with E-state index < -0.39 is 0 Å². The molecule has 0 saturated carbocycles. The van der Waals surface area contributed by atoms with Crippen molar-refractivity contribution in [2.45, 2.75) is 26.1 Å². The predicted molar refractivity (Wildman–Crippen MR) is 79.2 cm³/mol. The van der Waals surface area contributed by atoms with Gasteiger partial charge in [0.1, 0.15) is 6.61 Å². The smallest absolute Gasteiger partial charge is 0.410 e. The Balaban J connectivity index is 1.73. The second-order valence-corrected chi connectivity index (χ2v) is 5.11. The van der Waals surface area contributed by atoms with Gasteiger partial charge < -0.3 is 19.1 Å². The van der Waals surface area contributed by atoms with Gasteiger partial charge in [-0.15, -0.1) is 0 Å². The molecule has 1 aromatic carbocycles. The Kier molecular flexibility index (Phi) is 6.21. The molecule has 6 heteroatoms. The van der Waals surface area contributed by atoms with Crippen molar-refractivity contribution < 1.29 is 23.8 Å². The number of hydrogen-bond acceptors (Lipinski definition) is 5. The number of rotatable bonds is 5. The van der Waals surface area contributed by atoms with Crippen LogP contribution in [-0.4, -0.2) is 49.4 Å². The molecule has 1 saturated heterocycles. The number of morpholine rings is 1. The highest BCUT2D eigenvalue weighted by Gasteiger charge is 2.25. The third kappa shape index (κ3) is 5.37. The standard InChI is InChI=1S/C16H21NO5/c1-13(18)20-9-7-15-11-17(8-10-21-15)16(19)22-12-14-5-3-2-4-6-14/h2-6,15H,7-12H2,1H3. The van der Waals surface area contributed by atoms with Crippen molar-refractivity contribution >= 4 is 12.1 Å². The molecule has 6 nitrogen and oxygen atoms in total. The summed E-state index contributed by atoms with van der Waals surface area (Å²) in [4.78, 5) is 24.4. The van der Waals surface area contributed by atoms with Gasteiger partial charge in [0.05, 0.1) is 25.9 Å². The van der Waals surface area contributed by atoms with Crippen molar-refractivity contribution in [3.63, 3.8) is 0 Å². The lowest BCUT2D eigenvalue weighted by Gasteiger charge is -2.32. The zero-order valence-electron chi connectivity index (χ0n) is 12.7. The third-order valence-corrected chi connectivity index (χ3v) is 3.35. The SMILES string of the molecule is CC(=O)OCCC1CN(C(=O)OCc2ccccc2)CCO1. The van der Waals surface area contributed by atoms with E-state index in [1.165, 1.54) is 6.92 Å². The fourth-order valence-corrected chi connectivity index (χ4v) is 2.20. The lowest BCUT2D eigenvalue weighted by atomic mass is 10.2. The summed E-state index contributed by atoms with van der Waals surface area (Å²) in [6.45, 7) is 3.36. The highest BCUT2D eigenvalue weighted by Crippen LogP contribution is 2.11. The van der Waals surface area contributed by atoms with E-state index in [2.05, 4.69) is 0 Å². The molecule has 1 aliphatic heterocycles. The summed E-state index contributed by atoms with van der Waals surface area (Å²) in [7, 11) is 0. The first-order valence-electron chi connectivity index (χ1n) is 7.36. The number of carbonyl (C=O) groups is 2. The molecule has 0 bridgehead atoms. The van der Waals surface area contributed by atoms with Crippen LogP contribution in [-0.2, 0) is 25.6 Å². The quantitative estimate of drug-likeness (QED) is 0.778. The van der Waals surface area contributed by atoms with Gasteiger partial charge in [-0.1, -0.05) is 30.3 Å². The van der Waals surface area contributed by atoms with Crippen LogP contribution in [0.5, 0.6) is 0 Å². The van der Waals surface area contributed by atoms with Crippen molar-refractivity contribution in [1.82, 2.24) is 4.90 Å². The number of hydrogen-bond donors (Lipinski definition) is 0. The molecule has 1 aromatic rings. The molecular weight excluding hydrogens is 286 g/mol. The Morgan fingerprint density at radius 3 is 2.77 bits per heavy atom. The third-order valence-electron chi connectivity index (χ3n) is 3.35. The molecule has 2 rings (SSSR count). The summed E-state index contributed by atoms with van der Waals surface area (Å²) in [6, 6.07) is 9.55. The van der Waals surface area contributed by atoms with Gasteiger partial charge >= 0.3 is 12.1 Å². The zero-order valence-corrected chi connectivity index (χ0v) is 12.7. The van der Waals surface area contributed by atoms with Gasteiger partial charge in [-0.3, -0.25) is 4.79 Å². The largest absolute Gasteiger partial charge is 0.466 e. The first-order valence-corrected chi connectivity index (χ1v) is 7.36. The minimum Gasteiger partial charge on any atom is -0.466 e. The molecule has 0 aromatic heterocycles. The topological polar surface area (TPSA) is 65.1 Å². The van der Waals surface area contributed by atoms with E-state index >= 15 is 0 Å². The Morgan fingerprint density at radius 2 is 2.05 bits per heavy atom. The van der Waals surface area contributed by atoms with E-state index in [-0.39, 0.29) is 24.8 Å². The second kappa shape index (κ2) is 8.38.